The second kappa shape index (κ2) is 6.40. The lowest BCUT2D eigenvalue weighted by molar-refractivity contribution is 0.0954. The fraction of sp³-hybridized carbons (Fsp3) is 0.625. The maximum Gasteiger partial charge on any atom is 0.124 e. The van der Waals surface area contributed by atoms with Gasteiger partial charge in [0.2, 0.25) is 0 Å². The van der Waals surface area contributed by atoms with Gasteiger partial charge in [-0.1, -0.05) is 12.1 Å². The average Bonchev–Trinajstić information content (AvgIpc) is 2.88. The normalized spacial score (nSPS) is 20.5. The van der Waals surface area contributed by atoms with Crippen molar-refractivity contribution in [1.82, 2.24) is 5.32 Å². The number of rotatable bonds is 5. The smallest absolute Gasteiger partial charge is 0.124 e. The van der Waals surface area contributed by atoms with E-state index in [1.54, 1.807) is 7.11 Å². The van der Waals surface area contributed by atoms with Crippen LogP contribution in [0.3, 0.4) is 0 Å². The van der Waals surface area contributed by atoms with E-state index < -0.39 is 0 Å². The van der Waals surface area contributed by atoms with Crippen LogP contribution in [0.25, 0.3) is 0 Å². The predicted molar refractivity (Wildman–Crippen MR) is 77.9 cm³/mol. The van der Waals surface area contributed by atoms with E-state index in [0.29, 0.717) is 12.1 Å². The maximum absolute atomic E-state index is 5.75. The highest BCUT2D eigenvalue weighted by atomic mass is 16.5. The molecule has 0 bridgehead atoms. The van der Waals surface area contributed by atoms with Gasteiger partial charge in [0.05, 0.1) is 13.2 Å². The summed E-state index contributed by atoms with van der Waals surface area (Å²) in [6.45, 7) is 5.13. The molecule has 0 spiro atoms. The van der Waals surface area contributed by atoms with Gasteiger partial charge < -0.3 is 14.8 Å². The van der Waals surface area contributed by atoms with Crippen LogP contribution in [0.15, 0.2) is 12.1 Å². The Morgan fingerprint density at radius 1 is 1.37 bits per heavy atom. The van der Waals surface area contributed by atoms with Crippen molar-refractivity contribution in [3.63, 3.8) is 0 Å². The Labute approximate surface area is 116 Å². The topological polar surface area (TPSA) is 30.5 Å². The third-order valence-corrected chi connectivity index (χ3v) is 3.96. The van der Waals surface area contributed by atoms with E-state index in [9.17, 15) is 0 Å². The van der Waals surface area contributed by atoms with E-state index >= 15 is 0 Å². The molecule has 0 aromatic heterocycles. The zero-order valence-electron chi connectivity index (χ0n) is 12.5. The molecule has 1 aliphatic heterocycles. The van der Waals surface area contributed by atoms with Gasteiger partial charge >= 0.3 is 0 Å². The quantitative estimate of drug-likeness (QED) is 0.885. The summed E-state index contributed by atoms with van der Waals surface area (Å²) in [6, 6.07) is 4.80. The highest BCUT2D eigenvalue weighted by Gasteiger charge is 2.21. The molecule has 2 atom stereocenters. The van der Waals surface area contributed by atoms with Crippen molar-refractivity contribution in [2.75, 3.05) is 20.8 Å². The van der Waals surface area contributed by atoms with Crippen LogP contribution in [0.2, 0.25) is 0 Å². The van der Waals surface area contributed by atoms with Gasteiger partial charge in [-0.2, -0.15) is 0 Å². The van der Waals surface area contributed by atoms with Crippen molar-refractivity contribution in [1.29, 1.82) is 0 Å². The van der Waals surface area contributed by atoms with Crippen LogP contribution in [-0.2, 0) is 4.74 Å². The van der Waals surface area contributed by atoms with E-state index in [2.05, 4.69) is 31.3 Å². The van der Waals surface area contributed by atoms with E-state index in [1.165, 1.54) is 29.5 Å². The van der Waals surface area contributed by atoms with Crippen LogP contribution in [0.4, 0.5) is 0 Å². The van der Waals surface area contributed by atoms with Gasteiger partial charge in [-0.05, 0) is 56.8 Å². The van der Waals surface area contributed by atoms with Crippen molar-refractivity contribution < 1.29 is 9.47 Å². The largest absolute Gasteiger partial charge is 0.496 e. The Morgan fingerprint density at radius 2 is 2.05 bits per heavy atom. The molecule has 1 aliphatic rings. The lowest BCUT2D eigenvalue weighted by atomic mass is 9.95. The molecule has 1 heterocycles. The minimum absolute atomic E-state index is 0.353. The molecule has 3 nitrogen and oxygen atoms in total. The highest BCUT2D eigenvalue weighted by Crippen LogP contribution is 2.30. The van der Waals surface area contributed by atoms with Crippen molar-refractivity contribution in [2.24, 2.45) is 0 Å². The first-order chi connectivity index (χ1) is 9.15. The van der Waals surface area contributed by atoms with Gasteiger partial charge in [0.25, 0.3) is 0 Å². The fourth-order valence-electron chi connectivity index (χ4n) is 3.02. The molecule has 2 rings (SSSR count). The minimum atomic E-state index is 0.353. The van der Waals surface area contributed by atoms with E-state index in [0.717, 1.165) is 18.8 Å². The molecule has 0 radical (unpaired) electrons. The van der Waals surface area contributed by atoms with Gasteiger partial charge in [-0.15, -0.1) is 0 Å². The summed E-state index contributed by atoms with van der Waals surface area (Å²) in [5.41, 5.74) is 3.73. The number of ether oxygens (including phenoxy) is 2. The molecule has 1 aromatic rings. The number of methoxy groups -OCH3 is 1. The Bertz CT molecular complexity index is 402. The number of aryl methyl sites for hydroxylation is 2. The maximum atomic E-state index is 5.75. The van der Waals surface area contributed by atoms with E-state index in [1.807, 2.05) is 7.05 Å². The van der Waals surface area contributed by atoms with Crippen LogP contribution >= 0.6 is 0 Å². The monoisotopic (exact) mass is 263 g/mol. The number of hydrogen-bond donors (Lipinski definition) is 1. The Morgan fingerprint density at radius 3 is 2.53 bits per heavy atom. The van der Waals surface area contributed by atoms with Crippen molar-refractivity contribution in [3.8, 4) is 5.75 Å². The highest BCUT2D eigenvalue weighted by molar-refractivity contribution is 5.44. The molecule has 19 heavy (non-hydrogen) atoms. The molecular formula is C16H25NO2. The lowest BCUT2D eigenvalue weighted by Gasteiger charge is -2.22. The van der Waals surface area contributed by atoms with Crippen LogP contribution in [0, 0.1) is 13.8 Å². The van der Waals surface area contributed by atoms with Crippen molar-refractivity contribution in [3.05, 3.63) is 28.8 Å². The molecule has 3 heteroatoms. The molecule has 0 amide bonds. The van der Waals surface area contributed by atoms with Gasteiger partial charge in [0.1, 0.15) is 5.75 Å². The Hall–Kier alpha value is -1.06. The molecule has 1 N–H and O–H groups in total. The first kappa shape index (κ1) is 14.4. The summed E-state index contributed by atoms with van der Waals surface area (Å²) in [6.07, 6.45) is 3.83. The summed E-state index contributed by atoms with van der Waals surface area (Å²) >= 11 is 0. The van der Waals surface area contributed by atoms with Gasteiger partial charge in [0, 0.05) is 12.6 Å². The summed E-state index contributed by atoms with van der Waals surface area (Å²) in [7, 11) is 3.76. The summed E-state index contributed by atoms with van der Waals surface area (Å²) < 4.78 is 11.2. The summed E-state index contributed by atoms with van der Waals surface area (Å²) in [5.74, 6) is 0.996. The molecule has 0 saturated carbocycles. The third kappa shape index (κ3) is 3.28. The number of benzene rings is 1. The first-order valence-electron chi connectivity index (χ1n) is 7.09. The van der Waals surface area contributed by atoms with Crippen molar-refractivity contribution in [2.45, 2.75) is 45.3 Å². The Kier molecular flexibility index (Phi) is 4.83. The first-order valence-corrected chi connectivity index (χ1v) is 7.09. The van der Waals surface area contributed by atoms with Crippen molar-refractivity contribution >= 4 is 0 Å². The predicted octanol–water partition coefficient (Wildman–Crippen LogP) is 3.14. The molecule has 2 unspecified atom stereocenters. The molecule has 1 saturated heterocycles. The third-order valence-electron chi connectivity index (χ3n) is 3.96. The second-order valence-electron chi connectivity index (χ2n) is 5.40. The van der Waals surface area contributed by atoms with Gasteiger partial charge in [0.15, 0.2) is 0 Å². The van der Waals surface area contributed by atoms with Crippen LogP contribution in [-0.4, -0.2) is 26.9 Å². The van der Waals surface area contributed by atoms with E-state index in [-0.39, 0.29) is 0 Å². The Balaban J connectivity index is 2.17. The second-order valence-corrected chi connectivity index (χ2v) is 5.40. The van der Waals surface area contributed by atoms with Crippen LogP contribution in [0.1, 0.15) is 42.0 Å². The molecule has 1 fully saturated rings. The zero-order chi connectivity index (χ0) is 13.8. The summed E-state index contributed by atoms with van der Waals surface area (Å²) in [5, 5.41) is 3.42. The van der Waals surface area contributed by atoms with Crippen LogP contribution in [0.5, 0.6) is 5.75 Å². The fourth-order valence-corrected chi connectivity index (χ4v) is 3.02. The number of nitrogens with one attached hydrogen (secondary N) is 1. The van der Waals surface area contributed by atoms with E-state index in [4.69, 9.17) is 9.47 Å². The number of hydrogen-bond acceptors (Lipinski definition) is 3. The molecular weight excluding hydrogens is 238 g/mol. The molecule has 1 aromatic carbocycles. The molecule has 0 aliphatic carbocycles. The minimum Gasteiger partial charge on any atom is -0.496 e. The average molecular weight is 263 g/mol. The van der Waals surface area contributed by atoms with Gasteiger partial charge in [-0.25, -0.2) is 0 Å². The molecule has 106 valence electrons. The van der Waals surface area contributed by atoms with Crippen LogP contribution < -0.4 is 10.1 Å². The summed E-state index contributed by atoms with van der Waals surface area (Å²) in [4.78, 5) is 0. The lowest BCUT2D eigenvalue weighted by Crippen LogP contribution is -2.22. The SMILES string of the molecule is CNC(CC1CCCO1)c1cc(C)c(OC)c(C)c1. The van der Waals surface area contributed by atoms with Gasteiger partial charge in [-0.3, -0.25) is 0 Å². The standard InChI is InChI=1S/C16H25NO2/c1-11-8-13(9-12(2)16(11)18-4)15(17-3)10-14-6-5-7-19-14/h8-9,14-15,17H,5-7,10H2,1-4H3. The zero-order valence-corrected chi connectivity index (χ0v) is 12.5.